The highest BCUT2D eigenvalue weighted by Gasteiger charge is 2.23. The molecule has 0 unspecified atom stereocenters. The Hall–Kier alpha value is -4.10. The molecule has 0 spiro atoms. The standard InChI is InChI=1S/C30H32ClN5O2/c1-4-5-18-35(30(38)32-25-13-9-12-24(31)19-25)20-27(37)33-29-28(23-10-7-6-8-11-23)22(3)34-36(29)26-16-14-21(2)15-17-26/h6-17,19H,4-5,18,20H2,1-3H3,(H,32,38)(H,33,37). The fourth-order valence-electron chi connectivity index (χ4n) is 4.18. The molecule has 0 aliphatic heterocycles. The van der Waals surface area contributed by atoms with Gasteiger partial charge in [-0.15, -0.1) is 0 Å². The molecule has 1 aromatic heterocycles. The van der Waals surface area contributed by atoms with Crippen LogP contribution in [0.1, 0.15) is 31.0 Å². The molecule has 0 saturated heterocycles. The van der Waals surface area contributed by atoms with Crippen LogP contribution in [0.2, 0.25) is 5.02 Å². The van der Waals surface area contributed by atoms with Gasteiger partial charge in [0.1, 0.15) is 12.4 Å². The van der Waals surface area contributed by atoms with Crippen molar-refractivity contribution in [1.29, 1.82) is 0 Å². The van der Waals surface area contributed by atoms with Crippen molar-refractivity contribution in [3.63, 3.8) is 0 Å². The van der Waals surface area contributed by atoms with Crippen LogP contribution in [-0.4, -0.2) is 39.7 Å². The molecule has 38 heavy (non-hydrogen) atoms. The summed E-state index contributed by atoms with van der Waals surface area (Å²) in [6.45, 7) is 6.32. The first kappa shape index (κ1) is 26.9. The lowest BCUT2D eigenvalue weighted by molar-refractivity contribution is -0.116. The molecular weight excluding hydrogens is 498 g/mol. The lowest BCUT2D eigenvalue weighted by Gasteiger charge is -2.23. The van der Waals surface area contributed by atoms with Crippen molar-refractivity contribution in [1.82, 2.24) is 14.7 Å². The Morgan fingerprint density at radius 1 is 0.947 bits per heavy atom. The monoisotopic (exact) mass is 529 g/mol. The van der Waals surface area contributed by atoms with E-state index < -0.39 is 0 Å². The van der Waals surface area contributed by atoms with Crippen molar-refractivity contribution >= 4 is 35.0 Å². The van der Waals surface area contributed by atoms with Gasteiger partial charge in [0.05, 0.1) is 11.4 Å². The predicted octanol–water partition coefficient (Wildman–Crippen LogP) is 7.08. The van der Waals surface area contributed by atoms with Crippen LogP contribution in [0.15, 0.2) is 78.9 Å². The number of benzene rings is 3. The van der Waals surface area contributed by atoms with Crippen LogP contribution < -0.4 is 10.6 Å². The number of carbonyl (C=O) groups excluding carboxylic acids is 2. The molecule has 0 saturated carbocycles. The molecule has 4 aromatic rings. The van der Waals surface area contributed by atoms with Crippen molar-refractivity contribution in [2.24, 2.45) is 0 Å². The number of urea groups is 1. The molecule has 0 aliphatic rings. The van der Waals surface area contributed by atoms with E-state index in [1.807, 2.05) is 75.4 Å². The van der Waals surface area contributed by atoms with Gasteiger partial charge < -0.3 is 15.5 Å². The van der Waals surface area contributed by atoms with E-state index in [0.29, 0.717) is 23.1 Å². The number of rotatable bonds is 9. The Balaban J connectivity index is 1.62. The second-order valence-corrected chi connectivity index (χ2v) is 9.62. The summed E-state index contributed by atoms with van der Waals surface area (Å²) in [4.78, 5) is 28.1. The number of hydrogen-bond acceptors (Lipinski definition) is 3. The van der Waals surface area contributed by atoms with E-state index in [0.717, 1.165) is 40.9 Å². The number of halogens is 1. The van der Waals surface area contributed by atoms with Crippen LogP contribution in [0, 0.1) is 13.8 Å². The van der Waals surface area contributed by atoms with Crippen molar-refractivity contribution in [3.8, 4) is 16.8 Å². The summed E-state index contributed by atoms with van der Waals surface area (Å²) in [5.74, 6) is 0.251. The van der Waals surface area contributed by atoms with Gasteiger partial charge in [0.15, 0.2) is 0 Å². The summed E-state index contributed by atoms with van der Waals surface area (Å²) in [6.07, 6.45) is 1.66. The SMILES string of the molecule is CCCCN(CC(=O)Nc1c(-c2ccccc2)c(C)nn1-c1ccc(C)cc1)C(=O)Nc1cccc(Cl)c1. The molecule has 2 N–H and O–H groups in total. The third-order valence-corrected chi connectivity index (χ3v) is 6.37. The average molecular weight is 530 g/mol. The van der Waals surface area contributed by atoms with E-state index in [4.69, 9.17) is 16.7 Å². The summed E-state index contributed by atoms with van der Waals surface area (Å²) < 4.78 is 1.75. The molecule has 0 fully saturated rings. The molecule has 1 heterocycles. The fraction of sp³-hybridized carbons (Fsp3) is 0.233. The number of aromatic nitrogens is 2. The molecule has 7 nitrogen and oxygen atoms in total. The highest BCUT2D eigenvalue weighted by Crippen LogP contribution is 2.33. The molecule has 3 amide bonds. The fourth-order valence-corrected chi connectivity index (χ4v) is 4.37. The minimum atomic E-state index is -0.359. The van der Waals surface area contributed by atoms with Gasteiger partial charge in [0.2, 0.25) is 5.91 Å². The molecule has 3 aromatic carbocycles. The minimum absolute atomic E-state index is 0.112. The number of unbranched alkanes of at least 4 members (excludes halogenated alkanes) is 1. The molecule has 0 atom stereocenters. The number of nitrogens with zero attached hydrogens (tertiary/aromatic N) is 3. The topological polar surface area (TPSA) is 79.3 Å². The summed E-state index contributed by atoms with van der Waals surface area (Å²) in [5.41, 5.74) is 5.10. The van der Waals surface area contributed by atoms with E-state index in [1.54, 1.807) is 28.9 Å². The van der Waals surface area contributed by atoms with E-state index >= 15 is 0 Å². The van der Waals surface area contributed by atoms with Gasteiger partial charge in [0.25, 0.3) is 0 Å². The largest absolute Gasteiger partial charge is 0.322 e. The van der Waals surface area contributed by atoms with Gasteiger partial charge in [-0.3, -0.25) is 4.79 Å². The van der Waals surface area contributed by atoms with Gasteiger partial charge >= 0.3 is 6.03 Å². The minimum Gasteiger partial charge on any atom is -0.315 e. The average Bonchev–Trinajstić information content (AvgIpc) is 3.22. The van der Waals surface area contributed by atoms with Crippen molar-refractivity contribution in [3.05, 3.63) is 95.1 Å². The third kappa shape index (κ3) is 6.61. The smallest absolute Gasteiger partial charge is 0.315 e. The third-order valence-electron chi connectivity index (χ3n) is 6.14. The van der Waals surface area contributed by atoms with Gasteiger partial charge in [-0.05, 0) is 56.2 Å². The van der Waals surface area contributed by atoms with Gasteiger partial charge in [-0.25, -0.2) is 9.48 Å². The Bertz CT molecular complexity index is 1400. The van der Waals surface area contributed by atoms with Crippen LogP contribution in [0.5, 0.6) is 0 Å². The Kier molecular flexibility index (Phi) is 8.81. The summed E-state index contributed by atoms with van der Waals surface area (Å²) >= 11 is 6.07. The molecule has 0 radical (unpaired) electrons. The van der Waals surface area contributed by atoms with E-state index in [2.05, 4.69) is 10.6 Å². The predicted molar refractivity (Wildman–Crippen MR) is 154 cm³/mol. The maximum absolute atomic E-state index is 13.4. The van der Waals surface area contributed by atoms with Crippen molar-refractivity contribution in [2.45, 2.75) is 33.6 Å². The van der Waals surface area contributed by atoms with Crippen molar-refractivity contribution in [2.75, 3.05) is 23.7 Å². The number of aryl methyl sites for hydroxylation is 2. The van der Waals surface area contributed by atoms with E-state index in [9.17, 15) is 9.59 Å². The Labute approximate surface area is 228 Å². The van der Waals surface area contributed by atoms with Crippen LogP contribution >= 0.6 is 11.6 Å². The zero-order valence-corrected chi connectivity index (χ0v) is 22.6. The number of hydrogen-bond donors (Lipinski definition) is 2. The second-order valence-electron chi connectivity index (χ2n) is 9.19. The number of anilines is 2. The number of amides is 3. The molecule has 0 aliphatic carbocycles. The number of nitrogens with one attached hydrogen (secondary N) is 2. The van der Waals surface area contributed by atoms with Crippen LogP contribution in [-0.2, 0) is 4.79 Å². The molecule has 196 valence electrons. The van der Waals surface area contributed by atoms with E-state index in [-0.39, 0.29) is 18.5 Å². The highest BCUT2D eigenvalue weighted by atomic mass is 35.5. The van der Waals surface area contributed by atoms with E-state index in [1.165, 1.54) is 4.90 Å². The highest BCUT2D eigenvalue weighted by molar-refractivity contribution is 6.30. The van der Waals surface area contributed by atoms with Gasteiger partial charge in [-0.2, -0.15) is 5.10 Å². The molecule has 0 bridgehead atoms. The first-order chi connectivity index (χ1) is 18.4. The summed E-state index contributed by atoms with van der Waals surface area (Å²) in [5, 5.41) is 11.2. The first-order valence-electron chi connectivity index (χ1n) is 12.7. The molecule has 4 rings (SSSR count). The zero-order chi connectivity index (χ0) is 27.1. The van der Waals surface area contributed by atoms with Crippen LogP contribution in [0.4, 0.5) is 16.3 Å². The quantitative estimate of drug-likeness (QED) is 0.243. The van der Waals surface area contributed by atoms with Crippen LogP contribution in [0.3, 0.4) is 0 Å². The Morgan fingerprint density at radius 2 is 1.68 bits per heavy atom. The van der Waals surface area contributed by atoms with Crippen LogP contribution in [0.25, 0.3) is 16.8 Å². The normalized spacial score (nSPS) is 10.7. The van der Waals surface area contributed by atoms with Crippen molar-refractivity contribution < 1.29 is 9.59 Å². The summed E-state index contributed by atoms with van der Waals surface area (Å²) in [7, 11) is 0. The maximum atomic E-state index is 13.4. The molecule has 8 heteroatoms. The van der Waals surface area contributed by atoms with Gasteiger partial charge in [0, 0.05) is 22.8 Å². The summed E-state index contributed by atoms with van der Waals surface area (Å²) in [6, 6.07) is 24.4. The van der Waals surface area contributed by atoms with Gasteiger partial charge in [-0.1, -0.05) is 79.0 Å². The maximum Gasteiger partial charge on any atom is 0.322 e. The second kappa shape index (κ2) is 12.4. The number of carbonyl (C=O) groups is 2. The Morgan fingerprint density at radius 3 is 2.37 bits per heavy atom. The first-order valence-corrected chi connectivity index (χ1v) is 13.1. The zero-order valence-electron chi connectivity index (χ0n) is 21.9. The lowest BCUT2D eigenvalue weighted by atomic mass is 10.1. The lowest BCUT2D eigenvalue weighted by Crippen LogP contribution is -2.41. The molecular formula is C30H32ClN5O2.